The van der Waals surface area contributed by atoms with Crippen LogP contribution in [0.2, 0.25) is 0 Å². The van der Waals surface area contributed by atoms with Crippen LogP contribution in [0.4, 0.5) is 8.63 Å². The highest BCUT2D eigenvalue weighted by atomic mass is 19.2. The third-order valence-corrected chi connectivity index (χ3v) is 2.59. The van der Waals surface area contributed by atoms with Gasteiger partial charge in [-0.15, -0.1) is 0 Å². The maximum absolute atomic E-state index is 12.4. The van der Waals surface area contributed by atoms with E-state index in [0.29, 0.717) is 11.1 Å². The van der Waals surface area contributed by atoms with Crippen molar-refractivity contribution in [2.45, 2.75) is 0 Å². The molecule has 100 valence electrons. The molecule has 0 fully saturated rings. The minimum atomic E-state index is -2.98. The SMILES string of the molecule is O=C(/C=C(/OB(F)F)c1ccccc1)c1ccccc1. The van der Waals surface area contributed by atoms with Gasteiger partial charge in [-0.3, -0.25) is 4.79 Å². The number of halogens is 2. The second kappa shape index (κ2) is 6.66. The van der Waals surface area contributed by atoms with Gasteiger partial charge in [-0.1, -0.05) is 60.7 Å². The first-order valence-electron chi connectivity index (χ1n) is 5.98. The molecule has 0 aliphatic heterocycles. The Morgan fingerprint density at radius 1 is 0.900 bits per heavy atom. The second-order valence-corrected chi connectivity index (χ2v) is 3.98. The number of hydrogen-bond acceptors (Lipinski definition) is 2. The summed E-state index contributed by atoms with van der Waals surface area (Å²) >= 11 is 0. The van der Waals surface area contributed by atoms with Crippen LogP contribution in [0.1, 0.15) is 15.9 Å². The molecule has 0 aliphatic carbocycles. The van der Waals surface area contributed by atoms with Crippen molar-refractivity contribution >= 4 is 19.0 Å². The fourth-order valence-electron chi connectivity index (χ4n) is 1.69. The van der Waals surface area contributed by atoms with Gasteiger partial charge in [0.1, 0.15) is 5.76 Å². The molecule has 0 aromatic heterocycles. The molecule has 0 saturated heterocycles. The Morgan fingerprint density at radius 2 is 1.40 bits per heavy atom. The minimum Gasteiger partial charge on any atom is -0.505 e. The van der Waals surface area contributed by atoms with Crippen LogP contribution in [0.25, 0.3) is 5.76 Å². The Labute approximate surface area is 115 Å². The summed E-state index contributed by atoms with van der Waals surface area (Å²) in [5, 5.41) is 0. The zero-order valence-corrected chi connectivity index (χ0v) is 10.5. The highest BCUT2D eigenvalue weighted by molar-refractivity contribution is 6.36. The highest BCUT2D eigenvalue weighted by Crippen LogP contribution is 2.18. The van der Waals surface area contributed by atoms with Gasteiger partial charge in [-0.05, 0) is 0 Å². The molecule has 0 heterocycles. The van der Waals surface area contributed by atoms with E-state index in [1.54, 1.807) is 60.7 Å². The lowest BCUT2D eigenvalue weighted by Gasteiger charge is -2.08. The molecular weight excluding hydrogens is 261 g/mol. The quantitative estimate of drug-likeness (QED) is 0.357. The second-order valence-electron chi connectivity index (χ2n) is 3.98. The lowest BCUT2D eigenvalue weighted by atomic mass is 10.1. The van der Waals surface area contributed by atoms with Crippen molar-refractivity contribution in [1.82, 2.24) is 0 Å². The van der Waals surface area contributed by atoms with Crippen molar-refractivity contribution in [1.29, 1.82) is 0 Å². The van der Waals surface area contributed by atoms with E-state index in [4.69, 9.17) is 0 Å². The number of benzene rings is 2. The first kappa shape index (κ1) is 14.0. The molecule has 2 aromatic carbocycles. The molecule has 2 rings (SSSR count). The summed E-state index contributed by atoms with van der Waals surface area (Å²) in [4.78, 5) is 12.0. The fourth-order valence-corrected chi connectivity index (χ4v) is 1.69. The number of hydrogen-bond donors (Lipinski definition) is 0. The van der Waals surface area contributed by atoms with E-state index < -0.39 is 7.47 Å². The van der Waals surface area contributed by atoms with Gasteiger partial charge >= 0.3 is 7.47 Å². The fraction of sp³-hybridized carbons (Fsp3) is 0. The lowest BCUT2D eigenvalue weighted by Crippen LogP contribution is -2.06. The molecule has 2 nitrogen and oxygen atoms in total. The first-order chi connectivity index (χ1) is 9.66. The summed E-state index contributed by atoms with van der Waals surface area (Å²) in [6, 6.07) is 16.7. The molecule has 0 spiro atoms. The van der Waals surface area contributed by atoms with E-state index in [1.807, 2.05) is 0 Å². The molecule has 0 atom stereocenters. The summed E-state index contributed by atoms with van der Waals surface area (Å²) < 4.78 is 29.3. The summed E-state index contributed by atoms with van der Waals surface area (Å²) in [6.45, 7) is 0. The van der Waals surface area contributed by atoms with E-state index in [2.05, 4.69) is 4.65 Å². The van der Waals surface area contributed by atoms with E-state index >= 15 is 0 Å². The van der Waals surface area contributed by atoms with E-state index in [0.717, 1.165) is 6.08 Å². The van der Waals surface area contributed by atoms with Gasteiger partial charge in [0.05, 0.1) is 0 Å². The van der Waals surface area contributed by atoms with E-state index in [-0.39, 0.29) is 11.5 Å². The highest BCUT2D eigenvalue weighted by Gasteiger charge is 2.21. The third kappa shape index (κ3) is 3.78. The van der Waals surface area contributed by atoms with E-state index in [9.17, 15) is 13.4 Å². The number of ketones is 1. The minimum absolute atomic E-state index is 0.144. The Bertz CT molecular complexity index is 598. The average Bonchev–Trinajstić information content (AvgIpc) is 2.48. The van der Waals surface area contributed by atoms with Gasteiger partial charge in [0.15, 0.2) is 5.78 Å². The van der Waals surface area contributed by atoms with Crippen LogP contribution >= 0.6 is 0 Å². The van der Waals surface area contributed by atoms with Crippen LogP contribution in [-0.2, 0) is 4.65 Å². The normalized spacial score (nSPS) is 11.0. The van der Waals surface area contributed by atoms with Crippen LogP contribution in [0.5, 0.6) is 0 Å². The van der Waals surface area contributed by atoms with Crippen molar-refractivity contribution in [3.05, 3.63) is 77.9 Å². The molecule has 0 aliphatic rings. The van der Waals surface area contributed by atoms with Crippen LogP contribution in [0.15, 0.2) is 66.7 Å². The zero-order chi connectivity index (χ0) is 14.4. The number of carbonyl (C=O) groups is 1. The summed E-state index contributed by atoms with van der Waals surface area (Å²) in [5.74, 6) is -0.528. The maximum atomic E-state index is 12.4. The summed E-state index contributed by atoms with van der Waals surface area (Å²) in [5.41, 5.74) is 0.843. The third-order valence-electron chi connectivity index (χ3n) is 2.59. The standard InChI is InChI=1S/C15H11BF2O2/c17-16(18)20-15(13-9-5-2-6-10-13)11-14(19)12-7-3-1-4-8-12/h1-11H/b15-11+. The van der Waals surface area contributed by atoms with Crippen molar-refractivity contribution in [3.63, 3.8) is 0 Å². The van der Waals surface area contributed by atoms with E-state index in [1.165, 1.54) is 0 Å². The zero-order valence-electron chi connectivity index (χ0n) is 10.5. The molecule has 0 bridgehead atoms. The van der Waals surface area contributed by atoms with Crippen LogP contribution in [0, 0.1) is 0 Å². The van der Waals surface area contributed by atoms with Crippen molar-refractivity contribution < 1.29 is 18.1 Å². The van der Waals surface area contributed by atoms with Crippen LogP contribution < -0.4 is 0 Å². The van der Waals surface area contributed by atoms with Crippen molar-refractivity contribution in [2.75, 3.05) is 0 Å². The van der Waals surface area contributed by atoms with Crippen molar-refractivity contribution in [3.8, 4) is 0 Å². The summed E-state index contributed by atoms with van der Waals surface area (Å²) in [6.07, 6.45) is 1.08. The Hall–Kier alpha value is -2.43. The monoisotopic (exact) mass is 272 g/mol. The lowest BCUT2D eigenvalue weighted by molar-refractivity contribution is 0.104. The van der Waals surface area contributed by atoms with Gasteiger partial charge in [-0.25, -0.2) is 8.63 Å². The molecule has 20 heavy (non-hydrogen) atoms. The predicted octanol–water partition coefficient (Wildman–Crippen LogP) is 3.85. The van der Waals surface area contributed by atoms with Gasteiger partial charge < -0.3 is 4.65 Å². The molecule has 0 unspecified atom stereocenters. The number of allylic oxidation sites excluding steroid dienone is 1. The topological polar surface area (TPSA) is 26.3 Å². The van der Waals surface area contributed by atoms with Crippen LogP contribution in [0.3, 0.4) is 0 Å². The molecule has 0 amide bonds. The molecule has 2 aromatic rings. The Morgan fingerprint density at radius 3 is 1.90 bits per heavy atom. The molecule has 0 saturated carbocycles. The van der Waals surface area contributed by atoms with Gasteiger partial charge in [-0.2, -0.15) is 0 Å². The number of carbonyl (C=O) groups excluding carboxylic acids is 1. The van der Waals surface area contributed by atoms with Gasteiger partial charge in [0.25, 0.3) is 0 Å². The Balaban J connectivity index is 2.32. The molecule has 0 radical (unpaired) electrons. The number of rotatable bonds is 5. The van der Waals surface area contributed by atoms with Crippen molar-refractivity contribution in [2.24, 2.45) is 0 Å². The average molecular weight is 272 g/mol. The van der Waals surface area contributed by atoms with Gasteiger partial charge in [0, 0.05) is 17.2 Å². The largest absolute Gasteiger partial charge is 0.796 e. The predicted molar refractivity (Wildman–Crippen MR) is 74.2 cm³/mol. The van der Waals surface area contributed by atoms with Gasteiger partial charge in [0.2, 0.25) is 0 Å². The Kier molecular flexibility index (Phi) is 4.66. The molecule has 0 N–H and O–H groups in total. The smallest absolute Gasteiger partial charge is 0.505 e. The first-order valence-corrected chi connectivity index (χ1v) is 5.98. The summed E-state index contributed by atoms with van der Waals surface area (Å²) in [7, 11) is -2.98. The maximum Gasteiger partial charge on any atom is 0.796 e. The molecule has 5 heteroatoms. The van der Waals surface area contributed by atoms with Crippen LogP contribution in [-0.4, -0.2) is 13.3 Å². The molecular formula is C15H11BF2O2.